The van der Waals surface area contributed by atoms with Gasteiger partial charge in [-0.25, -0.2) is 8.42 Å². The number of aliphatic hydroxyl groups excluding tert-OH is 1. The van der Waals surface area contributed by atoms with Gasteiger partial charge < -0.3 is 10.2 Å². The van der Waals surface area contributed by atoms with E-state index in [1.807, 2.05) is 4.90 Å². The molecular formula is C11H19NO5S. The van der Waals surface area contributed by atoms with E-state index in [1.54, 1.807) is 0 Å². The Morgan fingerprint density at radius 1 is 1.33 bits per heavy atom. The van der Waals surface area contributed by atoms with Crippen LogP contribution in [0.3, 0.4) is 0 Å². The van der Waals surface area contributed by atoms with Crippen molar-refractivity contribution in [2.45, 2.75) is 31.4 Å². The molecule has 0 aromatic heterocycles. The van der Waals surface area contributed by atoms with Gasteiger partial charge in [0.15, 0.2) is 9.84 Å². The number of carboxylic acid groups (broad SMARTS) is 1. The fourth-order valence-corrected chi connectivity index (χ4v) is 4.80. The average molecular weight is 277 g/mol. The van der Waals surface area contributed by atoms with Gasteiger partial charge in [0.1, 0.15) is 0 Å². The molecule has 2 rings (SSSR count). The SMILES string of the molecule is O=C(O)CC1CCCN(C2CS(=O)(=O)CC2O)C1. The molecule has 0 radical (unpaired) electrons. The number of hydrogen-bond donors (Lipinski definition) is 2. The molecule has 0 amide bonds. The van der Waals surface area contributed by atoms with Crippen LogP contribution in [0.15, 0.2) is 0 Å². The van der Waals surface area contributed by atoms with Crippen LogP contribution in [0.5, 0.6) is 0 Å². The van der Waals surface area contributed by atoms with Crippen molar-refractivity contribution in [2.75, 3.05) is 24.6 Å². The van der Waals surface area contributed by atoms with Crippen molar-refractivity contribution < 1.29 is 23.4 Å². The molecule has 2 fully saturated rings. The minimum Gasteiger partial charge on any atom is -0.481 e. The summed E-state index contributed by atoms with van der Waals surface area (Å²) in [7, 11) is -3.14. The first kappa shape index (κ1) is 13.8. The van der Waals surface area contributed by atoms with Crippen molar-refractivity contribution in [1.82, 2.24) is 4.90 Å². The van der Waals surface area contributed by atoms with Crippen molar-refractivity contribution in [1.29, 1.82) is 0 Å². The van der Waals surface area contributed by atoms with E-state index in [9.17, 15) is 18.3 Å². The van der Waals surface area contributed by atoms with Gasteiger partial charge in [-0.2, -0.15) is 0 Å². The molecule has 3 unspecified atom stereocenters. The average Bonchev–Trinajstić information content (AvgIpc) is 2.51. The molecule has 0 spiro atoms. The van der Waals surface area contributed by atoms with Crippen molar-refractivity contribution in [2.24, 2.45) is 5.92 Å². The molecule has 2 aliphatic heterocycles. The van der Waals surface area contributed by atoms with Gasteiger partial charge in [0.25, 0.3) is 0 Å². The summed E-state index contributed by atoms with van der Waals surface area (Å²) in [5, 5.41) is 18.6. The Kier molecular flexibility index (Phi) is 3.93. The van der Waals surface area contributed by atoms with Crippen LogP contribution in [0.1, 0.15) is 19.3 Å². The number of carbonyl (C=O) groups is 1. The zero-order valence-corrected chi connectivity index (χ0v) is 11.0. The molecular weight excluding hydrogens is 258 g/mol. The van der Waals surface area contributed by atoms with Crippen molar-refractivity contribution >= 4 is 15.8 Å². The number of piperidine rings is 1. The fourth-order valence-electron chi connectivity index (χ4n) is 2.97. The van der Waals surface area contributed by atoms with Crippen LogP contribution in [0.2, 0.25) is 0 Å². The van der Waals surface area contributed by atoms with E-state index < -0.39 is 21.9 Å². The number of rotatable bonds is 3. The van der Waals surface area contributed by atoms with Crippen LogP contribution in [0, 0.1) is 5.92 Å². The van der Waals surface area contributed by atoms with Gasteiger partial charge in [-0.3, -0.25) is 9.69 Å². The van der Waals surface area contributed by atoms with Crippen molar-refractivity contribution in [3.05, 3.63) is 0 Å². The molecule has 0 aliphatic carbocycles. The maximum Gasteiger partial charge on any atom is 0.303 e. The van der Waals surface area contributed by atoms with Crippen LogP contribution >= 0.6 is 0 Å². The van der Waals surface area contributed by atoms with E-state index in [1.165, 1.54) is 0 Å². The van der Waals surface area contributed by atoms with E-state index >= 15 is 0 Å². The molecule has 6 nitrogen and oxygen atoms in total. The monoisotopic (exact) mass is 277 g/mol. The summed E-state index contributed by atoms with van der Waals surface area (Å²) in [5.74, 6) is -0.931. The highest BCUT2D eigenvalue weighted by molar-refractivity contribution is 7.91. The lowest BCUT2D eigenvalue weighted by Gasteiger charge is -2.37. The second-order valence-electron chi connectivity index (χ2n) is 5.31. The number of sulfone groups is 1. The van der Waals surface area contributed by atoms with Gasteiger partial charge in [-0.1, -0.05) is 0 Å². The third kappa shape index (κ3) is 3.21. The maximum atomic E-state index is 11.5. The lowest BCUT2D eigenvalue weighted by atomic mass is 9.93. The van der Waals surface area contributed by atoms with E-state index in [-0.39, 0.29) is 29.9 Å². The lowest BCUT2D eigenvalue weighted by Crippen LogP contribution is -2.48. The molecule has 3 atom stereocenters. The summed E-state index contributed by atoms with van der Waals surface area (Å²) >= 11 is 0. The summed E-state index contributed by atoms with van der Waals surface area (Å²) in [4.78, 5) is 12.6. The van der Waals surface area contributed by atoms with E-state index in [2.05, 4.69) is 0 Å². The maximum absolute atomic E-state index is 11.5. The minimum atomic E-state index is -3.14. The molecule has 7 heteroatoms. The zero-order valence-electron chi connectivity index (χ0n) is 10.2. The molecule has 0 aromatic carbocycles. The predicted molar refractivity (Wildman–Crippen MR) is 65.0 cm³/mol. The first-order valence-corrected chi connectivity index (χ1v) is 8.04. The van der Waals surface area contributed by atoms with Crippen LogP contribution < -0.4 is 0 Å². The standard InChI is InChI=1S/C11H19NO5S/c13-10-7-18(16,17)6-9(10)12-3-1-2-8(5-12)4-11(14)15/h8-10,13H,1-7H2,(H,14,15). The summed E-state index contributed by atoms with van der Waals surface area (Å²) < 4.78 is 22.9. The van der Waals surface area contributed by atoms with E-state index in [4.69, 9.17) is 5.11 Å². The van der Waals surface area contributed by atoms with Gasteiger partial charge >= 0.3 is 5.97 Å². The van der Waals surface area contributed by atoms with E-state index in [0.717, 1.165) is 19.4 Å². The van der Waals surface area contributed by atoms with Crippen LogP contribution in [-0.4, -0.2) is 66.2 Å². The highest BCUT2D eigenvalue weighted by Gasteiger charge is 2.41. The molecule has 0 aromatic rings. The molecule has 2 N–H and O–H groups in total. The number of hydrogen-bond acceptors (Lipinski definition) is 5. The molecule has 2 heterocycles. The predicted octanol–water partition coefficient (Wildman–Crippen LogP) is -0.669. The van der Waals surface area contributed by atoms with Gasteiger partial charge in [-0.15, -0.1) is 0 Å². The topological polar surface area (TPSA) is 94.9 Å². The van der Waals surface area contributed by atoms with Gasteiger partial charge in [0, 0.05) is 13.0 Å². The van der Waals surface area contributed by atoms with Gasteiger partial charge in [-0.05, 0) is 25.3 Å². The quantitative estimate of drug-likeness (QED) is 0.710. The summed E-state index contributed by atoms with van der Waals surface area (Å²) in [5.41, 5.74) is 0. The summed E-state index contributed by atoms with van der Waals surface area (Å²) in [6.07, 6.45) is 1.00. The Morgan fingerprint density at radius 2 is 2.06 bits per heavy atom. The van der Waals surface area contributed by atoms with Gasteiger partial charge in [0.05, 0.1) is 23.7 Å². The van der Waals surface area contributed by atoms with Gasteiger partial charge in [0.2, 0.25) is 0 Å². The number of aliphatic carboxylic acids is 1. The molecule has 0 saturated carbocycles. The molecule has 18 heavy (non-hydrogen) atoms. The number of nitrogens with zero attached hydrogens (tertiary/aromatic N) is 1. The molecule has 104 valence electrons. The van der Waals surface area contributed by atoms with E-state index in [0.29, 0.717) is 6.54 Å². The summed E-state index contributed by atoms with van der Waals surface area (Å²) in [6.45, 7) is 1.32. The van der Waals surface area contributed by atoms with Crippen LogP contribution in [0.4, 0.5) is 0 Å². The Hall–Kier alpha value is -0.660. The summed E-state index contributed by atoms with van der Waals surface area (Å²) in [6, 6.07) is -0.355. The zero-order chi connectivity index (χ0) is 13.3. The Morgan fingerprint density at radius 3 is 2.61 bits per heavy atom. The highest BCUT2D eigenvalue weighted by atomic mass is 32.2. The lowest BCUT2D eigenvalue weighted by molar-refractivity contribution is -0.138. The smallest absolute Gasteiger partial charge is 0.303 e. The third-order valence-electron chi connectivity index (χ3n) is 3.78. The Bertz CT molecular complexity index is 421. The third-order valence-corrected chi connectivity index (χ3v) is 5.48. The fraction of sp³-hybridized carbons (Fsp3) is 0.909. The Labute approximate surface area is 107 Å². The number of likely N-dealkylation sites (tertiary alicyclic amines) is 1. The number of aliphatic hydroxyl groups is 1. The largest absolute Gasteiger partial charge is 0.481 e. The molecule has 2 aliphatic rings. The number of carboxylic acids is 1. The second kappa shape index (κ2) is 5.14. The first-order chi connectivity index (χ1) is 8.37. The second-order valence-corrected chi connectivity index (χ2v) is 7.47. The first-order valence-electron chi connectivity index (χ1n) is 6.22. The van der Waals surface area contributed by atoms with Crippen molar-refractivity contribution in [3.63, 3.8) is 0 Å². The molecule has 2 saturated heterocycles. The van der Waals surface area contributed by atoms with Crippen LogP contribution in [0.25, 0.3) is 0 Å². The normalized spacial score (nSPS) is 36.6. The minimum absolute atomic E-state index is 0.00599. The Balaban J connectivity index is 1.99. The van der Waals surface area contributed by atoms with Crippen molar-refractivity contribution in [3.8, 4) is 0 Å². The van der Waals surface area contributed by atoms with Crippen LogP contribution in [-0.2, 0) is 14.6 Å². The molecule has 0 bridgehead atoms. The highest BCUT2D eigenvalue weighted by Crippen LogP contribution is 2.26.